The summed E-state index contributed by atoms with van der Waals surface area (Å²) in [5.74, 6) is 0. The van der Waals surface area contributed by atoms with Crippen LogP contribution >= 0.6 is 0 Å². The van der Waals surface area contributed by atoms with E-state index in [1.54, 1.807) is 0 Å². The Hall–Kier alpha value is -1.13. The third kappa shape index (κ3) is 4.73. The standard InChI is InChI=1S/C4H10N4O/c1-2-3-6-4(9)7-8-5/h2-3H2,1H3,(H3,5,6,7,9). The van der Waals surface area contributed by atoms with Crippen LogP contribution in [0.3, 0.4) is 0 Å². The van der Waals surface area contributed by atoms with Gasteiger partial charge in [-0.05, 0) is 6.42 Å². The van der Waals surface area contributed by atoms with Crippen molar-refractivity contribution in [3.63, 3.8) is 0 Å². The number of rotatable bonds is 3. The van der Waals surface area contributed by atoms with E-state index in [9.17, 15) is 4.79 Å². The average Bonchev–Trinajstić information content (AvgIpc) is 1.85. The van der Waals surface area contributed by atoms with Gasteiger partial charge in [0.25, 0.3) is 0 Å². The monoisotopic (exact) mass is 130 g/mol. The summed E-state index contributed by atoms with van der Waals surface area (Å²) < 4.78 is 0. The fourth-order valence-corrected chi connectivity index (χ4v) is 0.329. The quantitative estimate of drug-likeness (QED) is 0.380. The lowest BCUT2D eigenvalue weighted by atomic mass is 10.5. The van der Waals surface area contributed by atoms with Crippen molar-refractivity contribution in [3.05, 3.63) is 0 Å². The maximum absolute atomic E-state index is 10.4. The molecule has 0 radical (unpaired) electrons. The summed E-state index contributed by atoms with van der Waals surface area (Å²) in [5, 5.41) is 5.15. The Morgan fingerprint density at radius 1 is 1.78 bits per heavy atom. The molecule has 0 rings (SSSR count). The molecule has 0 heterocycles. The van der Waals surface area contributed by atoms with Crippen molar-refractivity contribution in [2.75, 3.05) is 6.54 Å². The molecule has 0 unspecified atom stereocenters. The molecule has 0 aliphatic rings. The van der Waals surface area contributed by atoms with Gasteiger partial charge in [-0.15, -0.1) is 0 Å². The van der Waals surface area contributed by atoms with Gasteiger partial charge >= 0.3 is 6.03 Å². The molecular weight excluding hydrogens is 120 g/mol. The van der Waals surface area contributed by atoms with Gasteiger partial charge in [0.1, 0.15) is 0 Å². The zero-order chi connectivity index (χ0) is 7.11. The largest absolute Gasteiger partial charge is 0.337 e. The summed E-state index contributed by atoms with van der Waals surface area (Å²) in [6.07, 6.45) is 0.880. The second kappa shape index (κ2) is 5.02. The van der Waals surface area contributed by atoms with Gasteiger partial charge in [-0.2, -0.15) is 5.53 Å². The van der Waals surface area contributed by atoms with E-state index in [1.807, 2.05) is 12.3 Å². The Labute approximate surface area is 53.3 Å². The van der Waals surface area contributed by atoms with E-state index in [2.05, 4.69) is 10.5 Å². The van der Waals surface area contributed by atoms with Crippen molar-refractivity contribution in [2.24, 2.45) is 5.22 Å². The Morgan fingerprint density at radius 2 is 2.44 bits per heavy atom. The van der Waals surface area contributed by atoms with E-state index in [4.69, 9.17) is 5.53 Å². The summed E-state index contributed by atoms with van der Waals surface area (Å²) in [6.45, 7) is 2.56. The van der Waals surface area contributed by atoms with E-state index in [-0.39, 0.29) is 0 Å². The topological polar surface area (TPSA) is 77.3 Å². The van der Waals surface area contributed by atoms with Gasteiger partial charge in [-0.25, -0.2) is 10.2 Å². The predicted molar refractivity (Wildman–Crippen MR) is 32.0 cm³/mol. The SMILES string of the molecule is CCCNC(=O)NN=N. The fraction of sp³-hybridized carbons (Fsp3) is 0.750. The highest BCUT2D eigenvalue weighted by Crippen LogP contribution is 1.69. The van der Waals surface area contributed by atoms with Crippen LogP contribution in [-0.2, 0) is 0 Å². The molecule has 0 atom stereocenters. The lowest BCUT2D eigenvalue weighted by Gasteiger charge is -1.98. The van der Waals surface area contributed by atoms with Crippen molar-refractivity contribution in [1.82, 2.24) is 10.7 Å². The van der Waals surface area contributed by atoms with Crippen LogP contribution in [0.5, 0.6) is 0 Å². The molecule has 0 aliphatic carbocycles. The molecule has 9 heavy (non-hydrogen) atoms. The maximum atomic E-state index is 10.4. The highest BCUT2D eigenvalue weighted by atomic mass is 16.2. The Kier molecular flexibility index (Phi) is 4.39. The highest BCUT2D eigenvalue weighted by molar-refractivity contribution is 5.73. The number of hydrogen-bond donors (Lipinski definition) is 3. The zero-order valence-electron chi connectivity index (χ0n) is 5.27. The first kappa shape index (κ1) is 7.87. The summed E-state index contributed by atoms with van der Waals surface area (Å²) >= 11 is 0. The second-order valence-corrected chi connectivity index (χ2v) is 1.48. The molecule has 0 fully saturated rings. The summed E-state index contributed by atoms with van der Waals surface area (Å²) in [4.78, 5) is 10.4. The van der Waals surface area contributed by atoms with E-state index >= 15 is 0 Å². The van der Waals surface area contributed by atoms with Crippen molar-refractivity contribution in [2.45, 2.75) is 13.3 Å². The zero-order valence-corrected chi connectivity index (χ0v) is 5.27. The Balaban J connectivity index is 3.16. The molecule has 0 aromatic rings. The third-order valence-electron chi connectivity index (χ3n) is 0.693. The van der Waals surface area contributed by atoms with E-state index in [0.29, 0.717) is 6.54 Å². The molecule has 0 saturated carbocycles. The molecule has 0 aromatic carbocycles. The summed E-state index contributed by atoms with van der Waals surface area (Å²) in [5.41, 5.74) is 8.14. The Bertz CT molecular complexity index is 103. The average molecular weight is 130 g/mol. The number of hydrogen-bond acceptors (Lipinski definition) is 3. The molecule has 2 amide bonds. The molecule has 5 heteroatoms. The normalized spacial score (nSPS) is 8.11. The number of amides is 2. The van der Waals surface area contributed by atoms with Gasteiger partial charge in [-0.1, -0.05) is 12.1 Å². The van der Waals surface area contributed by atoms with Gasteiger partial charge in [-0.3, -0.25) is 0 Å². The molecule has 0 aliphatic heterocycles. The minimum atomic E-state index is -0.424. The molecule has 3 N–H and O–H groups in total. The summed E-state index contributed by atoms with van der Waals surface area (Å²) in [6, 6.07) is -0.424. The van der Waals surface area contributed by atoms with Crippen LogP contribution in [0.4, 0.5) is 4.79 Å². The first-order chi connectivity index (χ1) is 4.31. The van der Waals surface area contributed by atoms with E-state index < -0.39 is 6.03 Å². The van der Waals surface area contributed by atoms with Crippen molar-refractivity contribution in [1.29, 1.82) is 5.53 Å². The van der Waals surface area contributed by atoms with Crippen LogP contribution < -0.4 is 10.7 Å². The van der Waals surface area contributed by atoms with Gasteiger partial charge in [0.15, 0.2) is 0 Å². The highest BCUT2D eigenvalue weighted by Gasteiger charge is 1.92. The van der Waals surface area contributed by atoms with Crippen molar-refractivity contribution >= 4 is 6.03 Å². The number of nitrogens with one attached hydrogen (secondary N) is 3. The van der Waals surface area contributed by atoms with Crippen LogP contribution in [0.1, 0.15) is 13.3 Å². The van der Waals surface area contributed by atoms with Gasteiger partial charge in [0.05, 0.1) is 0 Å². The van der Waals surface area contributed by atoms with Gasteiger partial charge < -0.3 is 5.32 Å². The molecule has 0 saturated heterocycles. The smallest absolute Gasteiger partial charge is 0.336 e. The van der Waals surface area contributed by atoms with Crippen LogP contribution in [0.25, 0.3) is 0 Å². The van der Waals surface area contributed by atoms with Crippen LogP contribution in [-0.4, -0.2) is 12.6 Å². The lowest BCUT2D eigenvalue weighted by molar-refractivity contribution is 0.240. The predicted octanol–water partition coefficient (Wildman–Crippen LogP) is 0.642. The fourth-order valence-electron chi connectivity index (χ4n) is 0.329. The van der Waals surface area contributed by atoms with Crippen molar-refractivity contribution in [3.8, 4) is 0 Å². The first-order valence-electron chi connectivity index (χ1n) is 2.71. The molecule has 0 bridgehead atoms. The first-order valence-corrected chi connectivity index (χ1v) is 2.71. The molecule has 0 spiro atoms. The van der Waals surface area contributed by atoms with Gasteiger partial charge in [0, 0.05) is 6.54 Å². The number of carbonyl (C=O) groups excluding carboxylic acids is 1. The lowest BCUT2D eigenvalue weighted by Crippen LogP contribution is -2.32. The summed E-state index contributed by atoms with van der Waals surface area (Å²) in [7, 11) is 0. The third-order valence-corrected chi connectivity index (χ3v) is 0.693. The van der Waals surface area contributed by atoms with Crippen LogP contribution in [0, 0.1) is 5.53 Å². The van der Waals surface area contributed by atoms with Crippen molar-refractivity contribution < 1.29 is 4.79 Å². The van der Waals surface area contributed by atoms with Gasteiger partial charge in [0.2, 0.25) is 0 Å². The molecule has 52 valence electrons. The molecular formula is C4H10N4O. The molecule has 5 nitrogen and oxygen atoms in total. The minimum Gasteiger partial charge on any atom is -0.337 e. The van der Waals surface area contributed by atoms with Crippen LogP contribution in [0.2, 0.25) is 0 Å². The molecule has 0 aromatic heterocycles. The number of nitrogens with zero attached hydrogens (tertiary/aromatic N) is 1. The number of urea groups is 1. The van der Waals surface area contributed by atoms with Crippen LogP contribution in [0.15, 0.2) is 5.22 Å². The second-order valence-electron chi connectivity index (χ2n) is 1.48. The Morgan fingerprint density at radius 3 is 2.89 bits per heavy atom. The minimum absolute atomic E-state index is 0.424. The van der Waals surface area contributed by atoms with E-state index in [0.717, 1.165) is 6.42 Å². The maximum Gasteiger partial charge on any atom is 0.336 e. The van der Waals surface area contributed by atoms with E-state index in [1.165, 1.54) is 0 Å². The number of carbonyl (C=O) groups is 1.